The predicted octanol–water partition coefficient (Wildman–Crippen LogP) is 4.67. The minimum Gasteiger partial charge on any atom is -0.487 e. The Morgan fingerprint density at radius 1 is 1.13 bits per heavy atom. The van der Waals surface area contributed by atoms with Crippen LogP contribution in [0.1, 0.15) is 59.3 Å². The number of hydrogen-bond donors (Lipinski definition) is 1. The molecule has 4 nitrogen and oxygen atoms in total. The van der Waals surface area contributed by atoms with Gasteiger partial charge in [-0.2, -0.15) is 0 Å². The van der Waals surface area contributed by atoms with Gasteiger partial charge in [-0.3, -0.25) is 0 Å². The third kappa shape index (κ3) is 5.87. The maximum atomic E-state index is 12.0. The molecule has 0 aliphatic carbocycles. The van der Waals surface area contributed by atoms with E-state index in [-0.39, 0.29) is 0 Å². The van der Waals surface area contributed by atoms with Crippen LogP contribution in [-0.2, 0) is 9.53 Å². The number of ether oxygens (including phenoxy) is 2. The highest BCUT2D eigenvalue weighted by Crippen LogP contribution is 2.28. The first-order valence-electron chi connectivity index (χ1n) is 8.65. The molecule has 130 valence electrons. The summed E-state index contributed by atoms with van der Waals surface area (Å²) in [7, 11) is 0. The van der Waals surface area contributed by atoms with Crippen molar-refractivity contribution in [2.75, 3.05) is 6.61 Å². The number of carboxylic acid groups (broad SMARTS) is 1. The summed E-state index contributed by atoms with van der Waals surface area (Å²) in [5.41, 5.74) is -1.29. The highest BCUT2D eigenvalue weighted by atomic mass is 16.6. The van der Waals surface area contributed by atoms with Crippen molar-refractivity contribution in [2.24, 2.45) is 0 Å². The molecule has 4 heteroatoms. The number of unbranched alkanes of at least 4 members (excludes halogenated alkanes) is 4. The van der Waals surface area contributed by atoms with Crippen molar-refractivity contribution in [3.63, 3.8) is 0 Å². The summed E-state index contributed by atoms with van der Waals surface area (Å²) >= 11 is 0. The molecule has 0 fully saturated rings. The number of carbonyl (C=O) groups is 1. The van der Waals surface area contributed by atoms with Crippen LogP contribution in [0.25, 0.3) is 0 Å². The number of carboxylic acids is 1. The van der Waals surface area contributed by atoms with Crippen molar-refractivity contribution >= 4 is 5.97 Å². The van der Waals surface area contributed by atoms with Crippen molar-refractivity contribution in [3.05, 3.63) is 30.3 Å². The van der Waals surface area contributed by atoms with E-state index in [4.69, 9.17) is 9.47 Å². The number of benzene rings is 1. The lowest BCUT2D eigenvalue weighted by Gasteiger charge is -2.35. The van der Waals surface area contributed by atoms with Crippen LogP contribution in [0.4, 0.5) is 0 Å². The fourth-order valence-electron chi connectivity index (χ4n) is 2.78. The topological polar surface area (TPSA) is 55.8 Å². The van der Waals surface area contributed by atoms with E-state index in [1.807, 2.05) is 37.3 Å². The van der Waals surface area contributed by atoms with E-state index in [2.05, 4.69) is 6.92 Å². The summed E-state index contributed by atoms with van der Waals surface area (Å²) in [5, 5.41) is 9.80. The Morgan fingerprint density at radius 3 is 2.35 bits per heavy atom. The summed E-state index contributed by atoms with van der Waals surface area (Å²) in [5.74, 6) is -0.283. The van der Waals surface area contributed by atoms with Gasteiger partial charge in [-0.25, -0.2) is 4.79 Å². The Morgan fingerprint density at radius 2 is 1.78 bits per heavy atom. The van der Waals surface area contributed by atoms with Crippen LogP contribution in [0.2, 0.25) is 0 Å². The molecule has 0 radical (unpaired) electrons. The summed E-state index contributed by atoms with van der Waals surface area (Å²) in [6.07, 6.45) is 5.24. The third-order valence-corrected chi connectivity index (χ3v) is 4.13. The van der Waals surface area contributed by atoms with Gasteiger partial charge in [0, 0.05) is 6.61 Å². The fraction of sp³-hybridized carbons (Fsp3) is 0.632. The van der Waals surface area contributed by atoms with Crippen molar-refractivity contribution in [3.8, 4) is 5.75 Å². The highest BCUT2D eigenvalue weighted by Gasteiger charge is 2.46. The Balaban J connectivity index is 2.78. The quantitative estimate of drug-likeness (QED) is 0.568. The second kappa shape index (κ2) is 10.3. The van der Waals surface area contributed by atoms with Gasteiger partial charge in [-0.05, 0) is 38.8 Å². The average Bonchev–Trinajstić information content (AvgIpc) is 2.54. The van der Waals surface area contributed by atoms with Gasteiger partial charge in [0.25, 0.3) is 0 Å². The average molecular weight is 322 g/mol. The lowest BCUT2D eigenvalue weighted by atomic mass is 9.90. The number of para-hydroxylation sites is 1. The molecular formula is C19H30O4. The van der Waals surface area contributed by atoms with Gasteiger partial charge >= 0.3 is 5.97 Å². The molecule has 2 unspecified atom stereocenters. The molecule has 0 amide bonds. The molecular weight excluding hydrogens is 292 g/mol. The van der Waals surface area contributed by atoms with Crippen molar-refractivity contribution in [1.29, 1.82) is 0 Å². The number of aliphatic carboxylic acids is 1. The second-order valence-corrected chi connectivity index (χ2v) is 5.87. The van der Waals surface area contributed by atoms with E-state index in [1.54, 1.807) is 6.92 Å². The first-order valence-corrected chi connectivity index (χ1v) is 8.65. The van der Waals surface area contributed by atoms with Crippen molar-refractivity contribution < 1.29 is 19.4 Å². The summed E-state index contributed by atoms with van der Waals surface area (Å²) in [6, 6.07) is 9.30. The predicted molar refractivity (Wildman–Crippen MR) is 91.9 cm³/mol. The third-order valence-electron chi connectivity index (χ3n) is 4.13. The molecule has 1 rings (SSSR count). The van der Waals surface area contributed by atoms with Crippen LogP contribution in [0, 0.1) is 0 Å². The molecule has 1 aromatic carbocycles. The van der Waals surface area contributed by atoms with Crippen LogP contribution in [0.15, 0.2) is 30.3 Å². The molecule has 0 aliphatic heterocycles. The van der Waals surface area contributed by atoms with Gasteiger partial charge in [0.05, 0.1) is 0 Å². The zero-order chi connectivity index (χ0) is 17.1. The molecule has 23 heavy (non-hydrogen) atoms. The SMILES string of the molecule is CCCCCCCC(OCC)(C(=O)O)C(C)Oc1ccccc1. The Labute approximate surface area is 139 Å². The van der Waals surface area contributed by atoms with Crippen LogP contribution < -0.4 is 4.74 Å². The number of hydrogen-bond acceptors (Lipinski definition) is 3. The van der Waals surface area contributed by atoms with E-state index >= 15 is 0 Å². The van der Waals surface area contributed by atoms with Crippen LogP contribution in [0.3, 0.4) is 0 Å². The Kier molecular flexibility index (Phi) is 8.70. The molecule has 1 aromatic rings. The minimum absolute atomic E-state index is 0.351. The first-order chi connectivity index (χ1) is 11.1. The lowest BCUT2D eigenvalue weighted by molar-refractivity contribution is -0.180. The molecule has 0 saturated carbocycles. The monoisotopic (exact) mass is 322 g/mol. The van der Waals surface area contributed by atoms with Gasteiger partial charge in [-0.1, -0.05) is 50.8 Å². The maximum absolute atomic E-state index is 12.0. The van der Waals surface area contributed by atoms with E-state index in [0.717, 1.165) is 19.3 Å². The molecule has 2 atom stereocenters. The lowest BCUT2D eigenvalue weighted by Crippen LogP contribution is -2.53. The zero-order valence-corrected chi connectivity index (χ0v) is 14.6. The van der Waals surface area contributed by atoms with Crippen molar-refractivity contribution in [2.45, 2.75) is 71.0 Å². The standard InChI is InChI=1S/C19H30O4/c1-4-6-7-8-12-15-19(18(20)21,22-5-2)16(3)23-17-13-10-9-11-14-17/h9-11,13-14,16H,4-8,12,15H2,1-3H3,(H,20,21). The van der Waals surface area contributed by atoms with Crippen LogP contribution >= 0.6 is 0 Å². The van der Waals surface area contributed by atoms with Gasteiger partial charge in [0.15, 0.2) is 0 Å². The summed E-state index contributed by atoms with van der Waals surface area (Å²) in [6.45, 7) is 6.12. The number of rotatable bonds is 12. The zero-order valence-electron chi connectivity index (χ0n) is 14.6. The Bertz CT molecular complexity index is 446. The largest absolute Gasteiger partial charge is 0.487 e. The minimum atomic E-state index is -1.29. The summed E-state index contributed by atoms with van der Waals surface area (Å²) in [4.78, 5) is 12.0. The van der Waals surface area contributed by atoms with Crippen LogP contribution in [0.5, 0.6) is 5.75 Å². The molecule has 0 aromatic heterocycles. The van der Waals surface area contributed by atoms with E-state index in [0.29, 0.717) is 18.8 Å². The van der Waals surface area contributed by atoms with E-state index < -0.39 is 17.7 Å². The Hall–Kier alpha value is -1.55. The molecule has 0 heterocycles. The van der Waals surface area contributed by atoms with Gasteiger partial charge < -0.3 is 14.6 Å². The van der Waals surface area contributed by atoms with E-state index in [9.17, 15) is 9.90 Å². The summed E-state index contributed by atoms with van der Waals surface area (Å²) < 4.78 is 11.6. The van der Waals surface area contributed by atoms with Gasteiger partial charge in [0.2, 0.25) is 5.60 Å². The second-order valence-electron chi connectivity index (χ2n) is 5.87. The van der Waals surface area contributed by atoms with Gasteiger partial charge in [0.1, 0.15) is 11.9 Å². The fourth-order valence-corrected chi connectivity index (χ4v) is 2.78. The molecule has 0 aliphatic rings. The van der Waals surface area contributed by atoms with Crippen molar-refractivity contribution in [1.82, 2.24) is 0 Å². The van der Waals surface area contributed by atoms with Crippen LogP contribution in [-0.4, -0.2) is 29.4 Å². The molecule has 0 spiro atoms. The van der Waals surface area contributed by atoms with Gasteiger partial charge in [-0.15, -0.1) is 0 Å². The smallest absolute Gasteiger partial charge is 0.339 e. The maximum Gasteiger partial charge on any atom is 0.339 e. The van der Waals surface area contributed by atoms with E-state index in [1.165, 1.54) is 12.8 Å². The molecule has 0 bridgehead atoms. The first kappa shape index (κ1) is 19.5. The molecule has 1 N–H and O–H groups in total. The highest BCUT2D eigenvalue weighted by molar-refractivity contribution is 5.78. The molecule has 0 saturated heterocycles. The normalized spacial score (nSPS) is 14.9.